The summed E-state index contributed by atoms with van der Waals surface area (Å²) in [5.74, 6) is 1.56. The molecule has 1 amide bonds. The van der Waals surface area contributed by atoms with Crippen LogP contribution in [0.4, 0.5) is 11.6 Å². The average Bonchev–Trinajstić information content (AvgIpc) is 3.43. The number of fused-ring (bicyclic) bond motifs is 2. The molecule has 2 aromatic carbocycles. The standard InChI is InChI=1S/C28H30N4O2/c1-3-22-11-18(2)16-31(22)26(34)20-7-8-24-25(13-20)32(17-28(24)9-10-28)27-29-14-21(15-30-27)19-5-4-6-23(33)12-19/h4-8,12-15,18,22,33H,3,9-11,16-17H2,1-2H3. The topological polar surface area (TPSA) is 69.6 Å². The second-order valence-corrected chi connectivity index (χ2v) is 10.3. The number of amides is 1. The summed E-state index contributed by atoms with van der Waals surface area (Å²) in [6.45, 7) is 6.09. The van der Waals surface area contributed by atoms with Crippen molar-refractivity contribution < 1.29 is 9.90 Å². The van der Waals surface area contributed by atoms with Gasteiger partial charge in [0.15, 0.2) is 0 Å². The summed E-state index contributed by atoms with van der Waals surface area (Å²) < 4.78 is 0. The molecule has 1 N–H and O–H groups in total. The summed E-state index contributed by atoms with van der Waals surface area (Å²) in [6.07, 6.45) is 8.01. The van der Waals surface area contributed by atoms with E-state index in [1.165, 1.54) is 5.56 Å². The SMILES string of the molecule is CCC1CC(C)CN1C(=O)c1ccc2c(c1)N(c1ncc(-c3cccc(O)c3)cn1)CC21CC1. The zero-order valence-corrected chi connectivity index (χ0v) is 19.7. The first-order valence-corrected chi connectivity index (χ1v) is 12.3. The number of carbonyl (C=O) groups excluding carboxylic acids is 1. The van der Waals surface area contributed by atoms with E-state index in [1.54, 1.807) is 24.5 Å². The molecule has 0 bridgehead atoms. The molecule has 6 rings (SSSR count). The molecule has 2 unspecified atom stereocenters. The minimum atomic E-state index is 0.135. The van der Waals surface area contributed by atoms with E-state index in [2.05, 4.69) is 45.7 Å². The molecule has 2 aliphatic heterocycles. The van der Waals surface area contributed by atoms with Crippen molar-refractivity contribution in [1.29, 1.82) is 0 Å². The Hall–Kier alpha value is -3.41. The predicted molar refractivity (Wildman–Crippen MR) is 132 cm³/mol. The summed E-state index contributed by atoms with van der Waals surface area (Å²) in [5, 5.41) is 9.79. The minimum absolute atomic E-state index is 0.135. The van der Waals surface area contributed by atoms with Crippen LogP contribution in [0.3, 0.4) is 0 Å². The van der Waals surface area contributed by atoms with E-state index in [9.17, 15) is 9.90 Å². The Morgan fingerprint density at radius 3 is 2.62 bits per heavy atom. The Labute approximate surface area is 200 Å². The summed E-state index contributed by atoms with van der Waals surface area (Å²) in [6, 6.07) is 13.7. The van der Waals surface area contributed by atoms with Crippen LogP contribution in [0.1, 0.15) is 55.5 Å². The van der Waals surface area contributed by atoms with Crippen LogP contribution in [0.25, 0.3) is 11.1 Å². The fraction of sp³-hybridized carbons (Fsp3) is 0.393. The molecule has 2 fully saturated rings. The van der Waals surface area contributed by atoms with Gasteiger partial charge in [-0.2, -0.15) is 0 Å². The molecule has 3 aliphatic rings. The van der Waals surface area contributed by atoms with Gasteiger partial charge in [-0.25, -0.2) is 9.97 Å². The molecule has 1 aliphatic carbocycles. The molecule has 0 radical (unpaired) electrons. The molecule has 6 nitrogen and oxygen atoms in total. The average molecular weight is 455 g/mol. The smallest absolute Gasteiger partial charge is 0.254 e. The van der Waals surface area contributed by atoms with Gasteiger partial charge in [-0.3, -0.25) is 4.79 Å². The van der Waals surface area contributed by atoms with Crippen molar-refractivity contribution in [3.63, 3.8) is 0 Å². The lowest BCUT2D eigenvalue weighted by Gasteiger charge is -2.24. The molecule has 174 valence electrons. The number of hydrogen-bond donors (Lipinski definition) is 1. The van der Waals surface area contributed by atoms with Crippen LogP contribution < -0.4 is 4.90 Å². The van der Waals surface area contributed by atoms with Gasteiger partial charge in [-0.1, -0.05) is 32.0 Å². The van der Waals surface area contributed by atoms with E-state index < -0.39 is 0 Å². The number of likely N-dealkylation sites (tertiary alicyclic amines) is 1. The van der Waals surface area contributed by atoms with Crippen LogP contribution in [0.5, 0.6) is 5.75 Å². The Morgan fingerprint density at radius 1 is 1.12 bits per heavy atom. The van der Waals surface area contributed by atoms with E-state index in [4.69, 9.17) is 0 Å². The summed E-state index contributed by atoms with van der Waals surface area (Å²) in [4.78, 5) is 27.1. The normalized spacial score (nSPS) is 22.3. The number of anilines is 2. The number of phenolic OH excluding ortho intramolecular Hbond substituents is 1. The van der Waals surface area contributed by atoms with Crippen LogP contribution in [-0.2, 0) is 5.41 Å². The number of rotatable bonds is 4. The van der Waals surface area contributed by atoms with Crippen molar-refractivity contribution in [2.45, 2.75) is 51.0 Å². The monoisotopic (exact) mass is 454 g/mol. The van der Waals surface area contributed by atoms with E-state index in [0.717, 1.165) is 61.2 Å². The van der Waals surface area contributed by atoms with Gasteiger partial charge < -0.3 is 14.9 Å². The Bertz CT molecular complexity index is 1250. The van der Waals surface area contributed by atoms with Crippen molar-refractivity contribution in [3.8, 4) is 16.9 Å². The van der Waals surface area contributed by atoms with Crippen molar-refractivity contribution in [2.75, 3.05) is 18.0 Å². The number of aromatic nitrogens is 2. The summed E-state index contributed by atoms with van der Waals surface area (Å²) >= 11 is 0. The summed E-state index contributed by atoms with van der Waals surface area (Å²) in [7, 11) is 0. The van der Waals surface area contributed by atoms with Gasteiger partial charge in [0.25, 0.3) is 5.91 Å². The lowest BCUT2D eigenvalue weighted by Crippen LogP contribution is -2.35. The van der Waals surface area contributed by atoms with Gasteiger partial charge in [0.05, 0.1) is 0 Å². The second kappa shape index (κ2) is 7.83. The molecule has 1 spiro atoms. The van der Waals surface area contributed by atoms with Crippen LogP contribution in [-0.4, -0.2) is 45.0 Å². The number of nitrogens with zero attached hydrogens (tertiary/aromatic N) is 4. The van der Waals surface area contributed by atoms with Crippen molar-refractivity contribution in [2.24, 2.45) is 5.92 Å². The molecule has 34 heavy (non-hydrogen) atoms. The highest BCUT2D eigenvalue weighted by Gasteiger charge is 2.52. The number of aromatic hydroxyl groups is 1. The third-order valence-corrected chi connectivity index (χ3v) is 7.84. The first-order valence-electron chi connectivity index (χ1n) is 12.3. The van der Waals surface area contributed by atoms with Crippen LogP contribution >= 0.6 is 0 Å². The molecular formula is C28H30N4O2. The first-order chi connectivity index (χ1) is 16.5. The van der Waals surface area contributed by atoms with Gasteiger partial charge in [0, 0.05) is 53.8 Å². The Morgan fingerprint density at radius 2 is 1.91 bits per heavy atom. The van der Waals surface area contributed by atoms with Gasteiger partial charge in [0.1, 0.15) is 5.75 Å². The number of hydrogen-bond acceptors (Lipinski definition) is 5. The maximum absolute atomic E-state index is 13.5. The van der Waals surface area contributed by atoms with Gasteiger partial charge in [-0.15, -0.1) is 0 Å². The van der Waals surface area contributed by atoms with Gasteiger partial charge in [0.2, 0.25) is 5.95 Å². The molecular weight excluding hydrogens is 424 g/mol. The molecule has 1 saturated carbocycles. The zero-order valence-electron chi connectivity index (χ0n) is 19.7. The van der Waals surface area contributed by atoms with Crippen molar-refractivity contribution in [1.82, 2.24) is 14.9 Å². The highest BCUT2D eigenvalue weighted by atomic mass is 16.3. The molecule has 1 aromatic heterocycles. The van der Waals surface area contributed by atoms with Crippen molar-refractivity contribution in [3.05, 3.63) is 66.0 Å². The van der Waals surface area contributed by atoms with E-state index in [0.29, 0.717) is 17.9 Å². The Balaban J connectivity index is 1.32. The van der Waals surface area contributed by atoms with Crippen LogP contribution in [0.15, 0.2) is 54.9 Å². The zero-order chi connectivity index (χ0) is 23.4. The predicted octanol–water partition coefficient (Wildman–Crippen LogP) is 5.29. The quantitative estimate of drug-likeness (QED) is 0.580. The fourth-order valence-electron chi connectivity index (χ4n) is 5.81. The highest BCUT2D eigenvalue weighted by Crippen LogP contribution is 2.57. The molecule has 1 saturated heterocycles. The minimum Gasteiger partial charge on any atom is -0.508 e. The number of phenols is 1. The maximum atomic E-state index is 13.5. The first kappa shape index (κ1) is 21.1. The Kier molecular flexibility index (Phi) is 4.87. The second-order valence-electron chi connectivity index (χ2n) is 10.3. The number of carbonyl (C=O) groups is 1. The molecule has 6 heteroatoms. The molecule has 2 atom stereocenters. The third kappa shape index (κ3) is 3.44. The van der Waals surface area contributed by atoms with Gasteiger partial charge in [-0.05, 0) is 67.0 Å². The van der Waals surface area contributed by atoms with Crippen molar-refractivity contribution >= 4 is 17.5 Å². The lowest BCUT2D eigenvalue weighted by molar-refractivity contribution is 0.0730. The molecule has 3 aromatic rings. The van der Waals surface area contributed by atoms with E-state index >= 15 is 0 Å². The largest absolute Gasteiger partial charge is 0.508 e. The molecule has 3 heterocycles. The number of benzene rings is 2. The van der Waals surface area contributed by atoms with E-state index in [1.807, 2.05) is 18.2 Å². The maximum Gasteiger partial charge on any atom is 0.254 e. The summed E-state index contributed by atoms with van der Waals surface area (Å²) in [5.41, 5.74) is 5.03. The van der Waals surface area contributed by atoms with Gasteiger partial charge >= 0.3 is 0 Å². The third-order valence-electron chi connectivity index (χ3n) is 7.84. The highest BCUT2D eigenvalue weighted by molar-refractivity contribution is 5.96. The van der Waals surface area contributed by atoms with Crippen LogP contribution in [0, 0.1) is 5.92 Å². The fourth-order valence-corrected chi connectivity index (χ4v) is 5.81. The lowest BCUT2D eigenvalue weighted by atomic mass is 9.97. The van der Waals surface area contributed by atoms with Crippen LogP contribution in [0.2, 0.25) is 0 Å². The van der Waals surface area contributed by atoms with E-state index in [-0.39, 0.29) is 17.1 Å².